The Balaban J connectivity index is 1.57. The van der Waals surface area contributed by atoms with Crippen LogP contribution in [0.3, 0.4) is 0 Å². The summed E-state index contributed by atoms with van der Waals surface area (Å²) in [5.74, 6) is 0.0251. The quantitative estimate of drug-likeness (QED) is 0.184. The Hall–Kier alpha value is -4.78. The first-order chi connectivity index (χ1) is 18.5. The van der Waals surface area contributed by atoms with Gasteiger partial charge in [-0.15, -0.1) is 0 Å². The van der Waals surface area contributed by atoms with Crippen molar-refractivity contribution in [2.75, 3.05) is 7.11 Å². The standard InChI is InChI=1S/C31H27NO6/c1-20-16-23(13-14-26(20)36-2)29(33)27-28(32(31(35)30(27)34)18-25-12-7-15-37-25)22-10-6-11-24(17-22)38-19-21-8-4-3-5-9-21/h3-17,28,33H,18-19H2,1-2H3/b29-27+. The Labute approximate surface area is 220 Å². The SMILES string of the molecule is COc1ccc(/C(O)=C2\C(=O)C(=O)N(Cc3ccco3)C2c2cccc(OCc3ccccc3)c2)cc1C. The Bertz CT molecular complexity index is 1490. The van der Waals surface area contributed by atoms with Gasteiger partial charge in [-0.05, 0) is 66.1 Å². The number of hydrogen-bond donors (Lipinski definition) is 1. The van der Waals surface area contributed by atoms with Gasteiger partial charge in [-0.1, -0.05) is 42.5 Å². The Morgan fingerprint density at radius 2 is 1.79 bits per heavy atom. The number of benzene rings is 3. The van der Waals surface area contributed by atoms with E-state index in [-0.39, 0.29) is 17.9 Å². The summed E-state index contributed by atoms with van der Waals surface area (Å²) in [7, 11) is 1.56. The van der Waals surface area contributed by atoms with Gasteiger partial charge in [0.1, 0.15) is 29.6 Å². The lowest BCUT2D eigenvalue weighted by Gasteiger charge is -2.25. The summed E-state index contributed by atoms with van der Waals surface area (Å²) in [5.41, 5.74) is 2.85. The molecule has 4 aromatic rings. The molecule has 1 atom stereocenters. The van der Waals surface area contributed by atoms with Gasteiger partial charge in [0.15, 0.2) is 0 Å². The van der Waals surface area contributed by atoms with Gasteiger partial charge in [-0.2, -0.15) is 0 Å². The fraction of sp³-hybridized carbons (Fsp3) is 0.161. The highest BCUT2D eigenvalue weighted by Gasteiger charge is 2.46. The number of carbonyl (C=O) groups excluding carboxylic acids is 2. The number of furan rings is 1. The Morgan fingerprint density at radius 1 is 0.974 bits per heavy atom. The van der Waals surface area contributed by atoms with Crippen molar-refractivity contribution in [2.24, 2.45) is 0 Å². The predicted octanol–water partition coefficient (Wildman–Crippen LogP) is 5.80. The van der Waals surface area contributed by atoms with Crippen molar-refractivity contribution in [1.82, 2.24) is 4.90 Å². The normalized spacial score (nSPS) is 16.6. The van der Waals surface area contributed by atoms with Crippen molar-refractivity contribution in [3.8, 4) is 11.5 Å². The van der Waals surface area contributed by atoms with Crippen LogP contribution in [0.4, 0.5) is 0 Å². The highest BCUT2D eigenvalue weighted by Crippen LogP contribution is 2.41. The molecule has 1 unspecified atom stereocenters. The first-order valence-corrected chi connectivity index (χ1v) is 12.2. The largest absolute Gasteiger partial charge is 0.507 e. The lowest BCUT2D eigenvalue weighted by molar-refractivity contribution is -0.140. The molecule has 0 spiro atoms. The number of aliphatic hydroxyl groups excluding tert-OH is 1. The van der Waals surface area contributed by atoms with E-state index in [1.807, 2.05) is 49.4 Å². The number of Topliss-reactive ketones (excluding diaryl/α,β-unsaturated/α-hetero) is 1. The van der Waals surface area contributed by atoms with Crippen molar-refractivity contribution in [1.29, 1.82) is 0 Å². The van der Waals surface area contributed by atoms with E-state index in [2.05, 4.69) is 0 Å². The number of likely N-dealkylation sites (tertiary alicyclic amines) is 1. The lowest BCUT2D eigenvalue weighted by atomic mass is 9.94. The molecule has 1 aliphatic rings. The van der Waals surface area contributed by atoms with Gasteiger partial charge in [-0.3, -0.25) is 9.59 Å². The molecule has 1 fully saturated rings. The van der Waals surface area contributed by atoms with Crippen LogP contribution < -0.4 is 9.47 Å². The second kappa shape index (κ2) is 10.7. The van der Waals surface area contributed by atoms with E-state index < -0.39 is 17.7 Å². The minimum atomic E-state index is -0.845. The monoisotopic (exact) mass is 509 g/mol. The van der Waals surface area contributed by atoms with Crippen LogP contribution in [0, 0.1) is 6.92 Å². The number of ether oxygens (including phenoxy) is 2. The molecular weight excluding hydrogens is 482 g/mol. The number of hydrogen-bond acceptors (Lipinski definition) is 6. The van der Waals surface area contributed by atoms with Crippen molar-refractivity contribution >= 4 is 17.4 Å². The van der Waals surface area contributed by atoms with E-state index in [0.717, 1.165) is 11.1 Å². The van der Waals surface area contributed by atoms with Crippen molar-refractivity contribution < 1.29 is 28.6 Å². The summed E-state index contributed by atoms with van der Waals surface area (Å²) >= 11 is 0. The van der Waals surface area contributed by atoms with Crippen LogP contribution in [0.15, 0.2) is 101 Å². The molecule has 0 saturated carbocycles. The van der Waals surface area contributed by atoms with Crippen molar-refractivity contribution in [2.45, 2.75) is 26.1 Å². The number of aliphatic hydroxyl groups is 1. The molecule has 5 rings (SSSR count). The average molecular weight is 510 g/mol. The molecule has 1 N–H and O–H groups in total. The highest BCUT2D eigenvalue weighted by molar-refractivity contribution is 6.46. The zero-order chi connectivity index (χ0) is 26.6. The van der Waals surface area contributed by atoms with Gasteiger partial charge >= 0.3 is 0 Å². The maximum absolute atomic E-state index is 13.4. The Morgan fingerprint density at radius 3 is 2.50 bits per heavy atom. The number of amides is 1. The fourth-order valence-electron chi connectivity index (χ4n) is 4.66. The molecule has 1 saturated heterocycles. The van der Waals surface area contributed by atoms with Crippen LogP contribution in [0.2, 0.25) is 0 Å². The summed E-state index contributed by atoms with van der Waals surface area (Å²) in [4.78, 5) is 28.0. The average Bonchev–Trinajstić information content (AvgIpc) is 3.54. The number of aryl methyl sites for hydroxylation is 1. The highest BCUT2D eigenvalue weighted by atomic mass is 16.5. The molecule has 0 radical (unpaired) electrons. The van der Waals surface area contributed by atoms with E-state index in [0.29, 0.717) is 35.0 Å². The van der Waals surface area contributed by atoms with Gasteiger partial charge in [0, 0.05) is 5.56 Å². The number of methoxy groups -OCH3 is 1. The molecule has 2 heterocycles. The molecule has 7 nitrogen and oxygen atoms in total. The molecule has 0 bridgehead atoms. The first kappa shape index (κ1) is 24.9. The molecule has 7 heteroatoms. The second-order valence-corrected chi connectivity index (χ2v) is 9.04. The third-order valence-electron chi connectivity index (χ3n) is 6.54. The van der Waals surface area contributed by atoms with Gasteiger partial charge in [0.25, 0.3) is 11.7 Å². The van der Waals surface area contributed by atoms with Crippen LogP contribution >= 0.6 is 0 Å². The van der Waals surface area contributed by atoms with Gasteiger partial charge in [0.2, 0.25) is 0 Å². The van der Waals surface area contributed by atoms with E-state index in [1.54, 1.807) is 49.6 Å². The third-order valence-corrected chi connectivity index (χ3v) is 6.54. The summed E-state index contributed by atoms with van der Waals surface area (Å²) in [6, 6.07) is 24.7. The molecule has 1 aromatic heterocycles. The first-order valence-electron chi connectivity index (χ1n) is 12.2. The van der Waals surface area contributed by atoms with Crippen LogP contribution in [0.1, 0.15) is 34.1 Å². The minimum absolute atomic E-state index is 0.00586. The third kappa shape index (κ3) is 4.91. The van der Waals surface area contributed by atoms with Crippen LogP contribution in [-0.4, -0.2) is 28.8 Å². The zero-order valence-electron chi connectivity index (χ0n) is 21.1. The molecule has 1 aliphatic heterocycles. The van der Waals surface area contributed by atoms with Gasteiger partial charge < -0.3 is 23.9 Å². The number of carbonyl (C=O) groups is 2. The predicted molar refractivity (Wildman–Crippen MR) is 142 cm³/mol. The fourth-order valence-corrected chi connectivity index (χ4v) is 4.66. The van der Waals surface area contributed by atoms with E-state index in [9.17, 15) is 14.7 Å². The maximum Gasteiger partial charge on any atom is 0.296 e. The molecule has 38 heavy (non-hydrogen) atoms. The molecule has 0 aliphatic carbocycles. The minimum Gasteiger partial charge on any atom is -0.507 e. The summed E-state index contributed by atoms with van der Waals surface area (Å²) in [6.07, 6.45) is 1.51. The van der Waals surface area contributed by atoms with E-state index >= 15 is 0 Å². The van der Waals surface area contributed by atoms with Gasteiger partial charge in [-0.25, -0.2) is 0 Å². The smallest absolute Gasteiger partial charge is 0.296 e. The van der Waals surface area contributed by atoms with E-state index in [4.69, 9.17) is 13.9 Å². The zero-order valence-corrected chi connectivity index (χ0v) is 21.1. The molecule has 1 amide bonds. The number of rotatable bonds is 8. The second-order valence-electron chi connectivity index (χ2n) is 9.04. The van der Waals surface area contributed by atoms with Crippen LogP contribution in [0.5, 0.6) is 11.5 Å². The molecule has 3 aromatic carbocycles. The molecule has 192 valence electrons. The Kier molecular flexibility index (Phi) is 7.00. The van der Waals surface area contributed by atoms with Crippen molar-refractivity contribution in [3.63, 3.8) is 0 Å². The number of nitrogens with zero attached hydrogens (tertiary/aromatic N) is 1. The van der Waals surface area contributed by atoms with Crippen LogP contribution in [-0.2, 0) is 22.7 Å². The lowest BCUT2D eigenvalue weighted by Crippen LogP contribution is -2.29. The molecular formula is C31H27NO6. The maximum atomic E-state index is 13.4. The number of ketones is 1. The summed E-state index contributed by atoms with van der Waals surface area (Å²) in [5, 5.41) is 11.4. The van der Waals surface area contributed by atoms with Crippen molar-refractivity contribution in [3.05, 3.63) is 125 Å². The summed E-state index contributed by atoms with van der Waals surface area (Å²) < 4.78 is 16.8. The van der Waals surface area contributed by atoms with Crippen LogP contribution in [0.25, 0.3) is 5.76 Å². The van der Waals surface area contributed by atoms with Gasteiger partial charge in [0.05, 0.1) is 31.5 Å². The summed E-state index contributed by atoms with van der Waals surface area (Å²) in [6.45, 7) is 2.27. The topological polar surface area (TPSA) is 89.2 Å². The van der Waals surface area contributed by atoms with E-state index in [1.165, 1.54) is 11.2 Å².